The molecule has 168 valence electrons. The van der Waals surface area contributed by atoms with Crippen molar-refractivity contribution in [3.8, 4) is 5.75 Å². The molecule has 1 amide bonds. The van der Waals surface area contributed by atoms with E-state index >= 15 is 0 Å². The Labute approximate surface area is 184 Å². The molecule has 0 radical (unpaired) electrons. The highest BCUT2D eigenvalue weighted by Crippen LogP contribution is 2.24. The van der Waals surface area contributed by atoms with E-state index in [2.05, 4.69) is 38.2 Å². The number of carbonyl (C=O) groups is 2. The highest BCUT2D eigenvalue weighted by atomic mass is 16.6. The molecule has 0 unspecified atom stereocenters. The van der Waals surface area contributed by atoms with Gasteiger partial charge in [-0.3, -0.25) is 4.79 Å². The highest BCUT2D eigenvalue weighted by molar-refractivity contribution is 5.93. The monoisotopic (exact) mass is 427 g/mol. The summed E-state index contributed by atoms with van der Waals surface area (Å²) >= 11 is 0. The summed E-state index contributed by atoms with van der Waals surface area (Å²) in [5.41, 5.74) is 2.43. The molecule has 0 aromatic heterocycles. The van der Waals surface area contributed by atoms with Gasteiger partial charge in [-0.05, 0) is 60.7 Å². The van der Waals surface area contributed by atoms with Crippen molar-refractivity contribution in [1.29, 1.82) is 0 Å². The smallest absolute Gasteiger partial charge is 0.338 e. The molecular weight excluding hydrogens is 394 g/mol. The minimum atomic E-state index is -0.412. The molecule has 0 atom stereocenters. The number of carbonyl (C=O) groups excluding carboxylic acids is 2. The first-order valence-corrected chi connectivity index (χ1v) is 10.7. The molecule has 0 aliphatic carbocycles. The van der Waals surface area contributed by atoms with Crippen LogP contribution in [0.1, 0.15) is 56.5 Å². The summed E-state index contributed by atoms with van der Waals surface area (Å²) in [6, 6.07) is 14.7. The molecule has 0 aliphatic rings. The van der Waals surface area contributed by atoms with Gasteiger partial charge in [0.05, 0.1) is 18.8 Å². The number of hydrogen-bond acceptors (Lipinski definition) is 5. The first kappa shape index (κ1) is 24.4. The number of rotatable bonds is 11. The van der Waals surface area contributed by atoms with E-state index in [0.29, 0.717) is 43.9 Å². The van der Waals surface area contributed by atoms with E-state index in [4.69, 9.17) is 14.2 Å². The largest absolute Gasteiger partial charge is 0.494 e. The van der Waals surface area contributed by atoms with Crippen molar-refractivity contribution in [2.24, 2.45) is 0 Å². The van der Waals surface area contributed by atoms with E-state index in [1.807, 2.05) is 19.1 Å². The molecular formula is C25H33NO5. The van der Waals surface area contributed by atoms with Crippen LogP contribution in [0.15, 0.2) is 48.5 Å². The summed E-state index contributed by atoms with van der Waals surface area (Å²) in [5.74, 6) is 0.293. The lowest BCUT2D eigenvalue weighted by Gasteiger charge is -2.19. The second-order valence-corrected chi connectivity index (χ2v) is 8.18. The lowest BCUT2D eigenvalue weighted by Crippen LogP contribution is -2.13. The Morgan fingerprint density at radius 1 is 0.903 bits per heavy atom. The zero-order valence-corrected chi connectivity index (χ0v) is 18.9. The number of esters is 1. The van der Waals surface area contributed by atoms with Gasteiger partial charge < -0.3 is 19.5 Å². The summed E-state index contributed by atoms with van der Waals surface area (Å²) in [6.07, 6.45) is 0.957. The van der Waals surface area contributed by atoms with E-state index in [0.717, 1.165) is 5.75 Å². The molecule has 0 saturated heterocycles. The fourth-order valence-electron chi connectivity index (χ4n) is 2.81. The van der Waals surface area contributed by atoms with Crippen LogP contribution in [0.25, 0.3) is 0 Å². The number of anilines is 1. The van der Waals surface area contributed by atoms with Crippen LogP contribution >= 0.6 is 0 Å². The van der Waals surface area contributed by atoms with Crippen LogP contribution in [0, 0.1) is 0 Å². The van der Waals surface area contributed by atoms with Crippen molar-refractivity contribution >= 4 is 17.6 Å². The molecule has 2 rings (SSSR count). The Kier molecular flexibility index (Phi) is 9.53. The molecule has 31 heavy (non-hydrogen) atoms. The summed E-state index contributed by atoms with van der Waals surface area (Å²) in [5, 5.41) is 2.82. The van der Waals surface area contributed by atoms with Crippen molar-refractivity contribution in [1.82, 2.24) is 0 Å². The van der Waals surface area contributed by atoms with E-state index in [1.54, 1.807) is 24.3 Å². The van der Waals surface area contributed by atoms with Crippen LogP contribution in [-0.4, -0.2) is 38.3 Å². The van der Waals surface area contributed by atoms with E-state index in [9.17, 15) is 9.59 Å². The van der Waals surface area contributed by atoms with Crippen molar-refractivity contribution in [3.63, 3.8) is 0 Å². The Morgan fingerprint density at radius 2 is 1.58 bits per heavy atom. The Bertz CT molecular complexity index is 822. The van der Waals surface area contributed by atoms with Gasteiger partial charge >= 0.3 is 5.97 Å². The minimum Gasteiger partial charge on any atom is -0.494 e. The van der Waals surface area contributed by atoms with E-state index in [1.165, 1.54) is 5.56 Å². The second-order valence-electron chi connectivity index (χ2n) is 8.18. The fraction of sp³-hybridized carbons (Fsp3) is 0.440. The third-order valence-corrected chi connectivity index (χ3v) is 4.61. The van der Waals surface area contributed by atoms with Crippen LogP contribution in [-0.2, 0) is 19.7 Å². The number of amides is 1. The minimum absolute atomic E-state index is 0.0984. The average molecular weight is 428 g/mol. The molecule has 0 heterocycles. The molecule has 1 N–H and O–H groups in total. The zero-order chi connectivity index (χ0) is 22.7. The van der Waals surface area contributed by atoms with Crippen LogP contribution in [0.4, 0.5) is 5.69 Å². The normalized spacial score (nSPS) is 11.1. The first-order valence-electron chi connectivity index (χ1n) is 10.7. The van der Waals surface area contributed by atoms with E-state index < -0.39 is 5.97 Å². The van der Waals surface area contributed by atoms with Gasteiger partial charge in [0.15, 0.2) is 0 Å². The van der Waals surface area contributed by atoms with Gasteiger partial charge in [-0.25, -0.2) is 4.79 Å². The number of hydrogen-bond donors (Lipinski definition) is 1. The van der Waals surface area contributed by atoms with Crippen LogP contribution in [0.3, 0.4) is 0 Å². The molecule has 6 heteroatoms. The third kappa shape index (κ3) is 8.80. The van der Waals surface area contributed by atoms with Gasteiger partial charge in [0.25, 0.3) is 0 Å². The second kappa shape index (κ2) is 12.1. The van der Waals surface area contributed by atoms with Crippen molar-refractivity contribution in [2.45, 2.75) is 46.0 Å². The van der Waals surface area contributed by atoms with Gasteiger partial charge in [0.1, 0.15) is 12.4 Å². The molecule has 0 spiro atoms. The highest BCUT2D eigenvalue weighted by Gasteiger charge is 2.13. The van der Waals surface area contributed by atoms with Gasteiger partial charge in [0.2, 0.25) is 5.91 Å². The maximum atomic E-state index is 12.1. The van der Waals surface area contributed by atoms with Gasteiger partial charge in [-0.1, -0.05) is 32.9 Å². The standard InChI is InChI=1S/C25H33NO5/c1-5-29-17-18-31-24(28)19-8-12-21(13-9-19)26-23(27)7-6-16-30-22-14-10-20(11-15-22)25(2,3)4/h8-15H,5-7,16-18H2,1-4H3,(H,26,27). The van der Waals surface area contributed by atoms with Crippen LogP contribution in [0.2, 0.25) is 0 Å². The van der Waals surface area contributed by atoms with Crippen molar-refractivity contribution in [3.05, 3.63) is 59.7 Å². The SMILES string of the molecule is CCOCCOC(=O)c1ccc(NC(=O)CCCOc2ccc(C(C)(C)C)cc2)cc1. The Hall–Kier alpha value is -2.86. The molecule has 2 aromatic rings. The predicted octanol–water partition coefficient (Wildman–Crippen LogP) is 4.98. The molecule has 2 aromatic carbocycles. The van der Waals surface area contributed by atoms with Crippen LogP contribution in [0.5, 0.6) is 5.75 Å². The fourth-order valence-corrected chi connectivity index (χ4v) is 2.81. The summed E-state index contributed by atoms with van der Waals surface area (Å²) in [6.45, 7) is 10.0. The lowest BCUT2D eigenvalue weighted by atomic mass is 9.87. The first-order chi connectivity index (χ1) is 14.8. The molecule has 0 saturated carbocycles. The quantitative estimate of drug-likeness (QED) is 0.405. The lowest BCUT2D eigenvalue weighted by molar-refractivity contribution is -0.116. The van der Waals surface area contributed by atoms with E-state index in [-0.39, 0.29) is 17.9 Å². The third-order valence-electron chi connectivity index (χ3n) is 4.61. The summed E-state index contributed by atoms with van der Waals surface area (Å²) in [4.78, 5) is 24.0. The number of ether oxygens (including phenoxy) is 3. The molecule has 0 bridgehead atoms. The van der Waals surface area contributed by atoms with Crippen molar-refractivity contribution in [2.75, 3.05) is 31.7 Å². The molecule has 0 fully saturated rings. The van der Waals surface area contributed by atoms with Crippen molar-refractivity contribution < 1.29 is 23.8 Å². The summed E-state index contributed by atoms with van der Waals surface area (Å²) in [7, 11) is 0. The average Bonchev–Trinajstić information content (AvgIpc) is 2.74. The zero-order valence-electron chi connectivity index (χ0n) is 18.9. The Balaban J connectivity index is 1.68. The molecule has 0 aliphatic heterocycles. The number of benzene rings is 2. The summed E-state index contributed by atoms with van der Waals surface area (Å²) < 4.78 is 16.0. The van der Waals surface area contributed by atoms with Gasteiger partial charge in [-0.15, -0.1) is 0 Å². The van der Waals surface area contributed by atoms with Crippen LogP contribution < -0.4 is 10.1 Å². The topological polar surface area (TPSA) is 73.9 Å². The van der Waals surface area contributed by atoms with Gasteiger partial charge in [-0.2, -0.15) is 0 Å². The maximum Gasteiger partial charge on any atom is 0.338 e. The molecule has 6 nitrogen and oxygen atoms in total. The number of nitrogens with one attached hydrogen (secondary N) is 1. The van der Waals surface area contributed by atoms with Gasteiger partial charge in [0, 0.05) is 18.7 Å². The predicted molar refractivity (Wildman–Crippen MR) is 122 cm³/mol. The maximum absolute atomic E-state index is 12.1. The Morgan fingerprint density at radius 3 is 2.19 bits per heavy atom.